The van der Waals surface area contributed by atoms with Gasteiger partial charge in [-0.25, -0.2) is 0 Å². The molecular weight excluding hydrogens is 356 g/mol. The molecule has 7 heteroatoms. The second kappa shape index (κ2) is 8.73. The van der Waals surface area contributed by atoms with Crippen molar-refractivity contribution < 1.29 is 14.4 Å². The summed E-state index contributed by atoms with van der Waals surface area (Å²) in [5.41, 5.74) is 2.01. The van der Waals surface area contributed by atoms with E-state index in [0.29, 0.717) is 39.1 Å². The number of amides is 3. The molecule has 0 bridgehead atoms. The van der Waals surface area contributed by atoms with E-state index in [0.717, 1.165) is 16.5 Å². The smallest absolute Gasteiger partial charge is 0.246 e. The average molecular weight is 382 g/mol. The van der Waals surface area contributed by atoms with Crippen LogP contribution in [0.1, 0.15) is 12.5 Å². The largest absolute Gasteiger partial charge is 0.361 e. The molecule has 0 radical (unpaired) electrons. The number of piperazine rings is 1. The van der Waals surface area contributed by atoms with Crippen molar-refractivity contribution in [3.05, 3.63) is 48.7 Å². The first-order valence-corrected chi connectivity index (χ1v) is 9.55. The number of fused-ring (bicyclic) bond motifs is 1. The maximum Gasteiger partial charge on any atom is 0.246 e. The average Bonchev–Trinajstić information content (AvgIpc) is 3.14. The van der Waals surface area contributed by atoms with E-state index in [1.54, 1.807) is 9.80 Å². The lowest BCUT2D eigenvalue weighted by molar-refractivity contribution is -0.142. The number of hydrogen-bond acceptors (Lipinski definition) is 3. The van der Waals surface area contributed by atoms with Crippen LogP contribution in [0.25, 0.3) is 10.9 Å². The molecule has 1 aliphatic rings. The fraction of sp³-hybridized carbons (Fsp3) is 0.381. The fourth-order valence-electron chi connectivity index (χ4n) is 3.50. The summed E-state index contributed by atoms with van der Waals surface area (Å²) >= 11 is 0. The molecule has 2 heterocycles. The van der Waals surface area contributed by atoms with Gasteiger partial charge in [0.1, 0.15) is 0 Å². The highest BCUT2D eigenvalue weighted by Gasteiger charge is 2.26. The normalized spacial score (nSPS) is 14.2. The zero-order valence-electron chi connectivity index (χ0n) is 16.2. The molecule has 1 aromatic carbocycles. The van der Waals surface area contributed by atoms with Crippen LogP contribution in [0.2, 0.25) is 0 Å². The Labute approximate surface area is 164 Å². The number of likely N-dealkylation sites (N-methyl/N-ethyl adjacent to an activating group) is 1. The van der Waals surface area contributed by atoms with E-state index < -0.39 is 0 Å². The number of hydrogen-bond donors (Lipinski definition) is 1. The number of carbonyl (C=O) groups is 3. The Bertz CT molecular complexity index is 881. The fourth-order valence-corrected chi connectivity index (χ4v) is 3.50. The van der Waals surface area contributed by atoms with Gasteiger partial charge >= 0.3 is 0 Å². The molecule has 0 unspecified atom stereocenters. The SMILES string of the molecule is C=CC(=O)N(CC)CC(=O)N1CCN(C(=O)Cc2c[nH]c3ccccc23)CC1. The lowest BCUT2D eigenvalue weighted by Crippen LogP contribution is -2.53. The van der Waals surface area contributed by atoms with Gasteiger partial charge in [-0.2, -0.15) is 0 Å². The highest BCUT2D eigenvalue weighted by molar-refractivity contribution is 5.91. The number of benzene rings is 1. The maximum absolute atomic E-state index is 12.7. The quantitative estimate of drug-likeness (QED) is 0.768. The number of nitrogens with one attached hydrogen (secondary N) is 1. The predicted molar refractivity (Wildman–Crippen MR) is 108 cm³/mol. The Morgan fingerprint density at radius 3 is 2.39 bits per heavy atom. The molecule has 148 valence electrons. The summed E-state index contributed by atoms with van der Waals surface area (Å²) in [6.45, 7) is 7.78. The van der Waals surface area contributed by atoms with Gasteiger partial charge in [0.25, 0.3) is 0 Å². The molecule has 0 saturated carbocycles. The lowest BCUT2D eigenvalue weighted by Gasteiger charge is -2.35. The van der Waals surface area contributed by atoms with E-state index in [-0.39, 0.29) is 24.3 Å². The second-order valence-corrected chi connectivity index (χ2v) is 6.85. The van der Waals surface area contributed by atoms with Crippen LogP contribution in [0.3, 0.4) is 0 Å². The zero-order valence-corrected chi connectivity index (χ0v) is 16.2. The van der Waals surface area contributed by atoms with Crippen LogP contribution in [0, 0.1) is 0 Å². The van der Waals surface area contributed by atoms with Crippen molar-refractivity contribution in [2.75, 3.05) is 39.3 Å². The standard InChI is InChI=1S/C21H26N4O3/c1-3-19(26)23(4-2)15-21(28)25-11-9-24(10-12-25)20(27)13-16-14-22-18-8-6-5-7-17(16)18/h3,5-8,14,22H,1,4,9-13,15H2,2H3. The first-order valence-electron chi connectivity index (χ1n) is 9.55. The molecule has 1 N–H and O–H groups in total. The van der Waals surface area contributed by atoms with Gasteiger partial charge in [0.2, 0.25) is 17.7 Å². The van der Waals surface area contributed by atoms with Crippen LogP contribution < -0.4 is 0 Å². The van der Waals surface area contributed by atoms with Gasteiger partial charge in [-0.05, 0) is 24.6 Å². The number of nitrogens with zero attached hydrogens (tertiary/aromatic N) is 3. The molecule has 1 fully saturated rings. The molecule has 0 aliphatic carbocycles. The first-order chi connectivity index (χ1) is 13.5. The third-order valence-corrected chi connectivity index (χ3v) is 5.20. The number of carbonyl (C=O) groups excluding carboxylic acids is 3. The van der Waals surface area contributed by atoms with Gasteiger partial charge in [0.05, 0.1) is 13.0 Å². The van der Waals surface area contributed by atoms with Gasteiger partial charge in [-0.15, -0.1) is 0 Å². The monoisotopic (exact) mass is 382 g/mol. The minimum Gasteiger partial charge on any atom is -0.361 e. The number of aromatic nitrogens is 1. The van der Waals surface area contributed by atoms with Crippen molar-refractivity contribution in [3.8, 4) is 0 Å². The highest BCUT2D eigenvalue weighted by Crippen LogP contribution is 2.19. The molecule has 0 atom stereocenters. The van der Waals surface area contributed by atoms with E-state index in [4.69, 9.17) is 0 Å². The van der Waals surface area contributed by atoms with Crippen LogP contribution in [-0.2, 0) is 20.8 Å². The van der Waals surface area contributed by atoms with E-state index in [2.05, 4.69) is 11.6 Å². The van der Waals surface area contributed by atoms with Crippen molar-refractivity contribution in [1.82, 2.24) is 19.7 Å². The van der Waals surface area contributed by atoms with Crippen molar-refractivity contribution in [2.45, 2.75) is 13.3 Å². The van der Waals surface area contributed by atoms with E-state index in [1.165, 1.54) is 11.0 Å². The van der Waals surface area contributed by atoms with Crippen LogP contribution in [-0.4, -0.2) is 76.7 Å². The summed E-state index contributed by atoms with van der Waals surface area (Å²) in [7, 11) is 0. The number of aromatic amines is 1. The van der Waals surface area contributed by atoms with E-state index in [1.807, 2.05) is 37.4 Å². The predicted octanol–water partition coefficient (Wildman–Crippen LogP) is 1.42. The first kappa shape index (κ1) is 19.7. The minimum atomic E-state index is -0.247. The van der Waals surface area contributed by atoms with Gasteiger partial charge in [-0.3, -0.25) is 14.4 Å². The molecule has 1 aliphatic heterocycles. The van der Waals surface area contributed by atoms with Gasteiger partial charge in [0, 0.05) is 49.8 Å². The number of H-pyrrole nitrogens is 1. The Balaban J connectivity index is 1.53. The molecule has 0 spiro atoms. The molecule has 2 aromatic rings. The van der Waals surface area contributed by atoms with Crippen LogP contribution in [0.15, 0.2) is 43.1 Å². The minimum absolute atomic E-state index is 0.0463. The summed E-state index contributed by atoms with van der Waals surface area (Å²) in [4.78, 5) is 45.0. The van der Waals surface area contributed by atoms with Crippen molar-refractivity contribution in [2.24, 2.45) is 0 Å². The summed E-state index contributed by atoms with van der Waals surface area (Å²) < 4.78 is 0. The van der Waals surface area contributed by atoms with Crippen LogP contribution in [0.5, 0.6) is 0 Å². The molecule has 1 aromatic heterocycles. The van der Waals surface area contributed by atoms with Crippen LogP contribution >= 0.6 is 0 Å². The van der Waals surface area contributed by atoms with E-state index in [9.17, 15) is 14.4 Å². The molecule has 3 amide bonds. The van der Waals surface area contributed by atoms with E-state index >= 15 is 0 Å². The Morgan fingerprint density at radius 2 is 1.75 bits per heavy atom. The van der Waals surface area contributed by atoms with Gasteiger partial charge < -0.3 is 19.7 Å². The number of rotatable bonds is 6. The summed E-state index contributed by atoms with van der Waals surface area (Å²) in [6, 6.07) is 7.92. The van der Waals surface area contributed by atoms with Crippen molar-refractivity contribution in [1.29, 1.82) is 0 Å². The second-order valence-electron chi connectivity index (χ2n) is 6.85. The molecule has 7 nitrogen and oxygen atoms in total. The highest BCUT2D eigenvalue weighted by atomic mass is 16.2. The lowest BCUT2D eigenvalue weighted by atomic mass is 10.1. The Kier molecular flexibility index (Phi) is 6.13. The molecule has 3 rings (SSSR count). The zero-order chi connectivity index (χ0) is 20.1. The topological polar surface area (TPSA) is 76.7 Å². The summed E-state index contributed by atoms with van der Waals surface area (Å²) in [5, 5.41) is 1.07. The third-order valence-electron chi connectivity index (χ3n) is 5.20. The van der Waals surface area contributed by atoms with Gasteiger partial charge in [-0.1, -0.05) is 24.8 Å². The van der Waals surface area contributed by atoms with Crippen LogP contribution in [0.4, 0.5) is 0 Å². The summed E-state index contributed by atoms with van der Waals surface area (Å²) in [5.74, 6) is -0.280. The maximum atomic E-state index is 12.7. The van der Waals surface area contributed by atoms with Gasteiger partial charge in [0.15, 0.2) is 0 Å². The molecule has 1 saturated heterocycles. The Morgan fingerprint density at radius 1 is 1.11 bits per heavy atom. The molecular formula is C21H26N4O3. The van der Waals surface area contributed by atoms with Crippen molar-refractivity contribution in [3.63, 3.8) is 0 Å². The number of para-hydroxylation sites is 1. The molecule has 28 heavy (non-hydrogen) atoms. The summed E-state index contributed by atoms with van der Waals surface area (Å²) in [6.07, 6.45) is 3.45. The van der Waals surface area contributed by atoms with Crippen molar-refractivity contribution >= 4 is 28.6 Å². The Hall–Kier alpha value is -3.09. The third kappa shape index (κ3) is 4.24.